The third-order valence-corrected chi connectivity index (χ3v) is 5.76. The Hall–Kier alpha value is -0.960. The second-order valence-electron chi connectivity index (χ2n) is 6.81. The largest absolute Gasteiger partial charge is 0.376 e. The zero-order valence-electron chi connectivity index (χ0n) is 15.9. The fourth-order valence-corrected chi connectivity index (χ4v) is 4.05. The minimum atomic E-state index is -3.35. The number of ether oxygens (including phenoxy) is 1. The number of hydrogen-bond donors (Lipinski definition) is 0. The van der Waals surface area contributed by atoms with Crippen molar-refractivity contribution in [2.24, 2.45) is 0 Å². The molecule has 25 heavy (non-hydrogen) atoms. The van der Waals surface area contributed by atoms with Crippen molar-refractivity contribution in [2.45, 2.75) is 51.0 Å². The second kappa shape index (κ2) is 9.12. The minimum absolute atomic E-state index is 0.0782. The summed E-state index contributed by atoms with van der Waals surface area (Å²) in [6.45, 7) is 10.3. The molecule has 0 amide bonds. The van der Waals surface area contributed by atoms with Crippen molar-refractivity contribution in [2.75, 3.05) is 46.1 Å². The molecule has 1 aliphatic rings. The molecule has 0 spiro atoms. The molecule has 0 unspecified atom stereocenters. The van der Waals surface area contributed by atoms with E-state index in [0.29, 0.717) is 13.1 Å². The van der Waals surface area contributed by atoms with Gasteiger partial charge in [0.05, 0.1) is 24.5 Å². The zero-order chi connectivity index (χ0) is 18.4. The van der Waals surface area contributed by atoms with Gasteiger partial charge in [0.1, 0.15) is 0 Å². The summed E-state index contributed by atoms with van der Waals surface area (Å²) in [6, 6.07) is 0. The molecule has 0 radical (unpaired) electrons. The first kappa shape index (κ1) is 20.4. The molecule has 7 nitrogen and oxygen atoms in total. The molecule has 8 heteroatoms. The Labute approximate surface area is 151 Å². The number of aromatic nitrogens is 2. The molecule has 2 rings (SSSR count). The zero-order valence-corrected chi connectivity index (χ0v) is 16.8. The van der Waals surface area contributed by atoms with Gasteiger partial charge in [0, 0.05) is 32.5 Å². The van der Waals surface area contributed by atoms with Gasteiger partial charge in [-0.15, -0.1) is 0 Å². The Balaban J connectivity index is 2.09. The predicted octanol–water partition coefficient (Wildman–Crippen LogP) is 1.24. The molecule has 1 saturated heterocycles. The molecule has 144 valence electrons. The van der Waals surface area contributed by atoms with E-state index in [1.54, 1.807) is 6.20 Å². The average molecular weight is 373 g/mol. The SMILES string of the molecule is CCN(CC)CCN(C)Cc1cnc(S(C)(=O)=O)n1C[C@H]1CCCO1. The Morgan fingerprint density at radius 1 is 1.32 bits per heavy atom. The fraction of sp³-hybridized carbons (Fsp3) is 0.824. The monoisotopic (exact) mass is 372 g/mol. The van der Waals surface area contributed by atoms with Gasteiger partial charge in [-0.3, -0.25) is 4.90 Å². The normalized spacial score (nSPS) is 18.6. The lowest BCUT2D eigenvalue weighted by Gasteiger charge is -2.24. The summed E-state index contributed by atoms with van der Waals surface area (Å²) in [5.41, 5.74) is 0.929. The van der Waals surface area contributed by atoms with Gasteiger partial charge in [-0.25, -0.2) is 13.4 Å². The predicted molar refractivity (Wildman–Crippen MR) is 98.4 cm³/mol. The van der Waals surface area contributed by atoms with Crippen LogP contribution >= 0.6 is 0 Å². The van der Waals surface area contributed by atoms with Crippen LogP contribution in [0.1, 0.15) is 32.4 Å². The van der Waals surface area contributed by atoms with E-state index in [2.05, 4.69) is 35.7 Å². The van der Waals surface area contributed by atoms with Crippen LogP contribution in [0.15, 0.2) is 11.4 Å². The summed E-state index contributed by atoms with van der Waals surface area (Å²) in [6.07, 6.45) is 4.99. The summed E-state index contributed by atoms with van der Waals surface area (Å²) < 4.78 is 31.7. The number of rotatable bonds is 10. The van der Waals surface area contributed by atoms with Gasteiger partial charge in [-0.1, -0.05) is 13.8 Å². The van der Waals surface area contributed by atoms with Crippen LogP contribution in [-0.4, -0.2) is 80.0 Å². The Kier molecular flexibility index (Phi) is 7.42. The first-order chi connectivity index (χ1) is 11.8. The van der Waals surface area contributed by atoms with Crippen LogP contribution in [0.2, 0.25) is 0 Å². The van der Waals surface area contributed by atoms with Crippen LogP contribution in [0.3, 0.4) is 0 Å². The molecule has 0 saturated carbocycles. The smallest absolute Gasteiger partial charge is 0.227 e. The van der Waals surface area contributed by atoms with Gasteiger partial charge >= 0.3 is 0 Å². The molecule has 0 aliphatic carbocycles. The van der Waals surface area contributed by atoms with Crippen molar-refractivity contribution in [3.63, 3.8) is 0 Å². The maximum absolute atomic E-state index is 12.1. The highest BCUT2D eigenvalue weighted by Crippen LogP contribution is 2.19. The molecule has 1 aromatic rings. The minimum Gasteiger partial charge on any atom is -0.376 e. The van der Waals surface area contributed by atoms with Crippen molar-refractivity contribution < 1.29 is 13.2 Å². The highest BCUT2D eigenvalue weighted by Gasteiger charge is 2.24. The maximum atomic E-state index is 12.1. The second-order valence-corrected chi connectivity index (χ2v) is 8.72. The van der Waals surface area contributed by atoms with Crippen molar-refractivity contribution >= 4 is 9.84 Å². The summed E-state index contributed by atoms with van der Waals surface area (Å²) >= 11 is 0. The van der Waals surface area contributed by atoms with E-state index in [-0.39, 0.29) is 11.3 Å². The van der Waals surface area contributed by atoms with E-state index < -0.39 is 9.84 Å². The van der Waals surface area contributed by atoms with Gasteiger partial charge in [-0.2, -0.15) is 0 Å². The van der Waals surface area contributed by atoms with E-state index in [0.717, 1.165) is 51.3 Å². The lowest BCUT2D eigenvalue weighted by molar-refractivity contribution is 0.0934. The van der Waals surface area contributed by atoms with Crippen molar-refractivity contribution in [3.05, 3.63) is 11.9 Å². The van der Waals surface area contributed by atoms with Crippen LogP contribution in [0.25, 0.3) is 0 Å². The van der Waals surface area contributed by atoms with E-state index in [1.165, 1.54) is 6.26 Å². The summed E-state index contributed by atoms with van der Waals surface area (Å²) in [4.78, 5) is 8.79. The molecule has 1 aliphatic heterocycles. The summed E-state index contributed by atoms with van der Waals surface area (Å²) in [7, 11) is -1.29. The molecule has 2 heterocycles. The number of hydrogen-bond acceptors (Lipinski definition) is 6. The number of imidazole rings is 1. The van der Waals surface area contributed by atoms with E-state index in [4.69, 9.17) is 4.74 Å². The molecular weight excluding hydrogens is 340 g/mol. The van der Waals surface area contributed by atoms with Gasteiger partial charge in [0.25, 0.3) is 0 Å². The number of likely N-dealkylation sites (N-methyl/N-ethyl adjacent to an activating group) is 2. The highest BCUT2D eigenvalue weighted by atomic mass is 32.2. The van der Waals surface area contributed by atoms with Crippen LogP contribution in [-0.2, 0) is 27.7 Å². The van der Waals surface area contributed by atoms with Gasteiger partial charge < -0.3 is 14.2 Å². The lowest BCUT2D eigenvalue weighted by atomic mass is 10.2. The maximum Gasteiger partial charge on any atom is 0.227 e. The third kappa shape index (κ3) is 5.77. The van der Waals surface area contributed by atoms with Crippen molar-refractivity contribution in [1.29, 1.82) is 0 Å². The Morgan fingerprint density at radius 3 is 2.60 bits per heavy atom. The van der Waals surface area contributed by atoms with Crippen LogP contribution in [0, 0.1) is 0 Å². The Morgan fingerprint density at radius 2 is 2.04 bits per heavy atom. The number of sulfone groups is 1. The van der Waals surface area contributed by atoms with Crippen molar-refractivity contribution in [3.8, 4) is 0 Å². The summed E-state index contributed by atoms with van der Waals surface area (Å²) in [5.74, 6) is 0. The third-order valence-electron chi connectivity index (χ3n) is 4.77. The topological polar surface area (TPSA) is 67.7 Å². The van der Waals surface area contributed by atoms with Crippen molar-refractivity contribution in [1.82, 2.24) is 19.4 Å². The molecule has 0 bridgehead atoms. The fourth-order valence-electron chi connectivity index (χ4n) is 3.21. The lowest BCUT2D eigenvalue weighted by Crippen LogP contribution is -2.33. The first-order valence-electron chi connectivity index (χ1n) is 9.12. The molecule has 1 aromatic heterocycles. The quantitative estimate of drug-likeness (QED) is 0.616. The van der Waals surface area contributed by atoms with Crippen LogP contribution < -0.4 is 0 Å². The molecule has 0 aromatic carbocycles. The number of nitrogens with zero attached hydrogens (tertiary/aromatic N) is 4. The van der Waals surface area contributed by atoms with Gasteiger partial charge in [0.15, 0.2) is 0 Å². The summed E-state index contributed by atoms with van der Waals surface area (Å²) in [5, 5.41) is 0.148. The molecule has 1 fully saturated rings. The van der Waals surface area contributed by atoms with Gasteiger partial charge in [0.2, 0.25) is 15.0 Å². The van der Waals surface area contributed by atoms with E-state index in [1.807, 2.05) is 4.57 Å². The van der Waals surface area contributed by atoms with Crippen LogP contribution in [0.5, 0.6) is 0 Å². The average Bonchev–Trinajstić information content (AvgIpc) is 3.19. The highest BCUT2D eigenvalue weighted by molar-refractivity contribution is 7.90. The van der Waals surface area contributed by atoms with E-state index in [9.17, 15) is 8.42 Å². The van der Waals surface area contributed by atoms with E-state index >= 15 is 0 Å². The molecular formula is C17H32N4O3S. The molecule has 1 atom stereocenters. The molecule has 0 N–H and O–H groups in total. The Bertz CT molecular complexity index is 634. The van der Waals surface area contributed by atoms with Gasteiger partial charge in [-0.05, 0) is 33.0 Å². The first-order valence-corrected chi connectivity index (χ1v) is 11.0. The van der Waals surface area contributed by atoms with Crippen LogP contribution in [0.4, 0.5) is 0 Å². The standard InChI is InChI=1S/C17H32N4O3S/c1-5-20(6-2)10-9-19(3)13-15-12-18-17(25(4,22)23)21(15)14-16-8-7-11-24-16/h12,16H,5-11,13-14H2,1-4H3/t16-/m1/s1.